The maximum Gasteiger partial charge on any atom is 0.135 e. The van der Waals surface area contributed by atoms with E-state index in [1.165, 1.54) is 43.6 Å². The van der Waals surface area contributed by atoms with E-state index in [4.69, 9.17) is 4.74 Å². The number of benzene rings is 11. The number of hydrogen-bond donors (Lipinski definition) is 0. The Balaban J connectivity index is 0.964. The first-order chi connectivity index (χ1) is 31.3. The summed E-state index contributed by atoms with van der Waals surface area (Å²) >= 11 is 0. The van der Waals surface area contributed by atoms with Crippen LogP contribution in [0.2, 0.25) is 0 Å². The first-order valence-corrected chi connectivity index (χ1v) is 21.5. The number of anilines is 6. The van der Waals surface area contributed by atoms with E-state index in [1.54, 1.807) is 0 Å². The zero-order valence-electron chi connectivity index (χ0n) is 34.4. The Hall–Kier alpha value is -8.40. The molecule has 11 aromatic carbocycles. The van der Waals surface area contributed by atoms with Crippen molar-refractivity contribution in [1.82, 2.24) is 0 Å². The lowest BCUT2D eigenvalue weighted by Crippen LogP contribution is -2.11. The van der Waals surface area contributed by atoms with Gasteiger partial charge in [-0.2, -0.15) is 0 Å². The lowest BCUT2D eigenvalue weighted by atomic mass is 9.87. The molecule has 1 aliphatic rings. The molecule has 11 aromatic rings. The Morgan fingerprint density at radius 3 is 1.46 bits per heavy atom. The summed E-state index contributed by atoms with van der Waals surface area (Å²) in [6, 6.07) is 86.8. The molecule has 3 nitrogen and oxygen atoms in total. The second-order valence-electron chi connectivity index (χ2n) is 16.1. The minimum absolute atomic E-state index is 0.860. The number of ether oxygens (including phenoxy) is 1. The van der Waals surface area contributed by atoms with Crippen molar-refractivity contribution in [2.75, 3.05) is 9.80 Å². The van der Waals surface area contributed by atoms with Crippen LogP contribution in [0.25, 0.3) is 65.7 Å². The molecule has 0 saturated heterocycles. The fourth-order valence-corrected chi connectivity index (χ4v) is 9.54. The van der Waals surface area contributed by atoms with Crippen LogP contribution in [0.3, 0.4) is 0 Å². The molecule has 0 saturated carbocycles. The molecule has 0 aliphatic carbocycles. The molecule has 1 heterocycles. The van der Waals surface area contributed by atoms with Crippen molar-refractivity contribution in [3.05, 3.63) is 243 Å². The second kappa shape index (κ2) is 15.3. The lowest BCUT2D eigenvalue weighted by Gasteiger charge is -2.28. The molecule has 1 aliphatic heterocycles. The zero-order valence-corrected chi connectivity index (χ0v) is 34.4. The van der Waals surface area contributed by atoms with E-state index >= 15 is 0 Å². The molecule has 0 amide bonds. The third kappa shape index (κ3) is 6.29. The summed E-state index contributed by atoms with van der Waals surface area (Å²) in [5.41, 5.74) is 13.5. The number of fused-ring (bicyclic) bond motifs is 6. The predicted octanol–water partition coefficient (Wildman–Crippen LogP) is 17.2. The van der Waals surface area contributed by atoms with Gasteiger partial charge in [0.2, 0.25) is 0 Å². The highest BCUT2D eigenvalue weighted by Crippen LogP contribution is 2.52. The van der Waals surface area contributed by atoms with E-state index in [2.05, 4.69) is 252 Å². The van der Waals surface area contributed by atoms with Gasteiger partial charge in [0.25, 0.3) is 0 Å². The monoisotopic (exact) mass is 804 g/mol. The van der Waals surface area contributed by atoms with Crippen LogP contribution >= 0.6 is 0 Å². The van der Waals surface area contributed by atoms with Crippen molar-refractivity contribution in [3.8, 4) is 44.9 Å². The van der Waals surface area contributed by atoms with Gasteiger partial charge in [-0.05, 0) is 129 Å². The highest BCUT2D eigenvalue weighted by Gasteiger charge is 2.25. The summed E-state index contributed by atoms with van der Waals surface area (Å²) in [7, 11) is 0. The Morgan fingerprint density at radius 2 is 0.778 bits per heavy atom. The van der Waals surface area contributed by atoms with E-state index in [-0.39, 0.29) is 0 Å². The Bertz CT molecular complexity index is 3420. The Labute approximate surface area is 367 Å². The van der Waals surface area contributed by atoms with Crippen LogP contribution in [0.15, 0.2) is 243 Å². The van der Waals surface area contributed by atoms with Crippen LogP contribution in [0.4, 0.5) is 34.1 Å². The van der Waals surface area contributed by atoms with Crippen LogP contribution in [0, 0.1) is 0 Å². The molecular formula is C60H40N2O. The average Bonchev–Trinajstić information content (AvgIpc) is 3.36. The van der Waals surface area contributed by atoms with Gasteiger partial charge in [-0.1, -0.05) is 158 Å². The van der Waals surface area contributed by atoms with Gasteiger partial charge in [0.15, 0.2) is 0 Å². The second-order valence-corrected chi connectivity index (χ2v) is 16.1. The Kier molecular flexibility index (Phi) is 8.83. The van der Waals surface area contributed by atoms with Crippen LogP contribution in [0.5, 0.6) is 11.5 Å². The molecule has 0 aromatic heterocycles. The molecule has 0 bridgehead atoms. The molecule has 0 unspecified atom stereocenters. The number of para-hydroxylation sites is 4. The first kappa shape index (κ1) is 36.5. The van der Waals surface area contributed by atoms with Gasteiger partial charge < -0.3 is 14.5 Å². The third-order valence-electron chi connectivity index (χ3n) is 12.4. The summed E-state index contributed by atoms with van der Waals surface area (Å²) in [5, 5.41) is 7.14. The largest absolute Gasteiger partial charge is 0.456 e. The summed E-state index contributed by atoms with van der Waals surface area (Å²) in [6.07, 6.45) is 0. The lowest BCUT2D eigenvalue weighted by molar-refractivity contribution is 0.487. The van der Waals surface area contributed by atoms with Crippen molar-refractivity contribution in [3.63, 3.8) is 0 Å². The summed E-state index contributed by atoms with van der Waals surface area (Å²) in [5.74, 6) is 1.73. The quantitative estimate of drug-likeness (QED) is 0.142. The number of nitrogens with zero attached hydrogens (tertiary/aromatic N) is 2. The molecule has 0 fully saturated rings. The van der Waals surface area contributed by atoms with Gasteiger partial charge in [-0.3, -0.25) is 0 Å². The average molecular weight is 805 g/mol. The van der Waals surface area contributed by atoms with Crippen molar-refractivity contribution in [2.24, 2.45) is 0 Å². The van der Waals surface area contributed by atoms with E-state index < -0.39 is 0 Å². The van der Waals surface area contributed by atoms with Gasteiger partial charge in [0.1, 0.15) is 11.5 Å². The third-order valence-corrected chi connectivity index (χ3v) is 12.4. The maximum atomic E-state index is 6.88. The molecule has 3 heteroatoms. The topological polar surface area (TPSA) is 15.7 Å². The smallest absolute Gasteiger partial charge is 0.135 e. The van der Waals surface area contributed by atoms with E-state index in [0.29, 0.717) is 0 Å². The molecule has 0 atom stereocenters. The highest BCUT2D eigenvalue weighted by molar-refractivity contribution is 6.25. The van der Waals surface area contributed by atoms with E-state index in [1.807, 2.05) is 0 Å². The van der Waals surface area contributed by atoms with Crippen molar-refractivity contribution < 1.29 is 4.74 Å². The minimum Gasteiger partial charge on any atom is -0.456 e. The van der Waals surface area contributed by atoms with Crippen molar-refractivity contribution in [2.45, 2.75) is 0 Å². The van der Waals surface area contributed by atoms with Crippen LogP contribution in [-0.4, -0.2) is 0 Å². The molecule has 12 rings (SSSR count). The molecule has 63 heavy (non-hydrogen) atoms. The van der Waals surface area contributed by atoms with Crippen LogP contribution in [-0.2, 0) is 0 Å². The van der Waals surface area contributed by atoms with Crippen molar-refractivity contribution in [1.29, 1.82) is 0 Å². The molecule has 296 valence electrons. The SMILES string of the molecule is c1ccc(-c2ccccc2N(c2ccccc2)c2ccc(-c3ccc4c(c3)Oc3cccc5c3c-4cc3c4ccccc4c(N(c4ccccc4)c4ccccc4)cc53)cc2)cc1. The summed E-state index contributed by atoms with van der Waals surface area (Å²) < 4.78 is 6.88. The maximum absolute atomic E-state index is 6.88. The van der Waals surface area contributed by atoms with Gasteiger partial charge in [-0.25, -0.2) is 0 Å². The van der Waals surface area contributed by atoms with Gasteiger partial charge in [-0.15, -0.1) is 0 Å². The predicted molar refractivity (Wildman–Crippen MR) is 265 cm³/mol. The van der Waals surface area contributed by atoms with Crippen molar-refractivity contribution >= 4 is 66.4 Å². The van der Waals surface area contributed by atoms with Gasteiger partial charge in [0, 0.05) is 44.6 Å². The first-order valence-electron chi connectivity index (χ1n) is 21.5. The van der Waals surface area contributed by atoms with Crippen LogP contribution in [0.1, 0.15) is 0 Å². The summed E-state index contributed by atoms with van der Waals surface area (Å²) in [6.45, 7) is 0. The van der Waals surface area contributed by atoms with Crippen LogP contribution < -0.4 is 14.5 Å². The minimum atomic E-state index is 0.860. The standard InChI is InChI=1S/C60H40N2O/c1-5-18-42(19-6-1)48-26-15-16-30-56(48)61(44-20-7-2-8-21-44)47-35-32-41(33-36-47)43-34-37-51-55-39-53-49-27-13-14-28-50(49)57(62(45-22-9-3-10-23-45)46-24-11-4-12-25-46)40-54(53)52-29-17-31-58(60(52)55)63-59(51)38-43/h1-40H. The van der Waals surface area contributed by atoms with E-state index in [9.17, 15) is 0 Å². The fraction of sp³-hybridized carbons (Fsp3) is 0. The molecular weight excluding hydrogens is 765 g/mol. The highest BCUT2D eigenvalue weighted by atomic mass is 16.5. The van der Waals surface area contributed by atoms with Gasteiger partial charge in [0.05, 0.1) is 11.4 Å². The Morgan fingerprint density at radius 1 is 0.254 bits per heavy atom. The molecule has 0 N–H and O–H groups in total. The zero-order chi connectivity index (χ0) is 41.7. The normalized spacial score (nSPS) is 11.6. The van der Waals surface area contributed by atoms with E-state index in [0.717, 1.165) is 67.7 Å². The molecule has 0 spiro atoms. The summed E-state index contributed by atoms with van der Waals surface area (Å²) in [4.78, 5) is 4.72. The van der Waals surface area contributed by atoms with Gasteiger partial charge >= 0.3 is 0 Å². The number of rotatable bonds is 8. The fourth-order valence-electron chi connectivity index (χ4n) is 9.54. The molecule has 0 radical (unpaired) electrons. The number of hydrogen-bond acceptors (Lipinski definition) is 3.